The zero-order valence-electron chi connectivity index (χ0n) is 6.45. The predicted molar refractivity (Wildman–Crippen MR) is 50.6 cm³/mol. The summed E-state index contributed by atoms with van der Waals surface area (Å²) in [6.45, 7) is 1.91. The third-order valence-electron chi connectivity index (χ3n) is 1.20. The van der Waals surface area contributed by atoms with Crippen LogP contribution in [0.1, 0.15) is 17.4 Å². The highest BCUT2D eigenvalue weighted by Gasteiger charge is 2.10. The minimum atomic E-state index is -0.171. The van der Waals surface area contributed by atoms with Gasteiger partial charge in [0.25, 0.3) is 5.91 Å². The summed E-state index contributed by atoms with van der Waals surface area (Å²) in [4.78, 5) is 11.2. The van der Waals surface area contributed by atoms with Gasteiger partial charge in [0.1, 0.15) is 0 Å². The third kappa shape index (κ3) is 2.53. The molecule has 66 valence electrons. The van der Waals surface area contributed by atoms with Crippen molar-refractivity contribution >= 4 is 33.4 Å². The Kier molecular flexibility index (Phi) is 3.61. The highest BCUT2D eigenvalue weighted by Crippen LogP contribution is 1.98. The molecular weight excluding hydrogens is 242 g/mol. The molecule has 1 unspecified atom stereocenters. The second-order valence-corrected chi connectivity index (χ2v) is 3.58. The van der Waals surface area contributed by atoms with E-state index in [0.717, 1.165) is 5.33 Å². The number of carbonyl (C=O) groups excluding carboxylic acids is 1. The Bertz CT molecular complexity index is 251. The molecule has 0 spiro atoms. The minimum absolute atomic E-state index is 0.110. The van der Waals surface area contributed by atoms with Gasteiger partial charge in [0.15, 0.2) is 5.69 Å². The largest absolute Gasteiger partial charge is 0.347 e. The molecule has 1 N–H and O–H groups in total. The molecule has 12 heavy (non-hydrogen) atoms. The maximum absolute atomic E-state index is 11.2. The SMILES string of the molecule is CC(CBr)NC(=O)c1csnn1. The van der Waals surface area contributed by atoms with E-state index in [4.69, 9.17) is 0 Å². The van der Waals surface area contributed by atoms with Crippen LogP contribution in [0.3, 0.4) is 0 Å². The van der Waals surface area contributed by atoms with Gasteiger partial charge in [0.05, 0.1) is 0 Å². The lowest BCUT2D eigenvalue weighted by Crippen LogP contribution is -2.33. The summed E-state index contributed by atoms with van der Waals surface area (Å²) in [5.74, 6) is -0.171. The summed E-state index contributed by atoms with van der Waals surface area (Å²) in [6, 6.07) is 0.110. The lowest BCUT2D eigenvalue weighted by atomic mass is 10.3. The molecule has 0 aliphatic carbocycles. The number of halogens is 1. The Morgan fingerprint density at radius 2 is 2.67 bits per heavy atom. The van der Waals surface area contributed by atoms with Gasteiger partial charge < -0.3 is 5.32 Å². The Morgan fingerprint density at radius 1 is 1.92 bits per heavy atom. The molecule has 4 nitrogen and oxygen atoms in total. The first-order valence-corrected chi connectivity index (χ1v) is 5.33. The second-order valence-electron chi connectivity index (χ2n) is 2.32. The van der Waals surface area contributed by atoms with Gasteiger partial charge in [-0.2, -0.15) is 0 Å². The quantitative estimate of drug-likeness (QED) is 0.816. The van der Waals surface area contributed by atoms with Gasteiger partial charge in [-0.25, -0.2) is 0 Å². The number of nitrogens with zero attached hydrogens (tertiary/aromatic N) is 2. The van der Waals surface area contributed by atoms with Gasteiger partial charge in [-0.05, 0) is 18.5 Å². The Hall–Kier alpha value is -0.490. The first-order chi connectivity index (χ1) is 5.74. The number of hydrogen-bond acceptors (Lipinski definition) is 4. The first-order valence-electron chi connectivity index (χ1n) is 3.38. The van der Waals surface area contributed by atoms with Gasteiger partial charge >= 0.3 is 0 Å². The highest BCUT2D eigenvalue weighted by atomic mass is 79.9. The summed E-state index contributed by atoms with van der Waals surface area (Å²) < 4.78 is 3.60. The van der Waals surface area contributed by atoms with Crippen LogP contribution in [0.2, 0.25) is 0 Å². The van der Waals surface area contributed by atoms with E-state index in [1.54, 1.807) is 5.38 Å². The predicted octanol–water partition coefficient (Wildman–Crippen LogP) is 1.05. The molecule has 1 aromatic rings. The molecule has 0 radical (unpaired) electrons. The summed E-state index contributed by atoms with van der Waals surface area (Å²) in [5, 5.41) is 8.75. The van der Waals surface area contributed by atoms with Crippen molar-refractivity contribution in [2.24, 2.45) is 0 Å². The van der Waals surface area contributed by atoms with Crippen LogP contribution < -0.4 is 5.32 Å². The summed E-state index contributed by atoms with van der Waals surface area (Å²) in [5.41, 5.74) is 0.382. The van der Waals surface area contributed by atoms with Crippen molar-refractivity contribution in [1.82, 2.24) is 14.9 Å². The zero-order valence-corrected chi connectivity index (χ0v) is 8.85. The number of aromatic nitrogens is 2. The lowest BCUT2D eigenvalue weighted by Gasteiger charge is -2.07. The van der Waals surface area contributed by atoms with Crippen molar-refractivity contribution in [1.29, 1.82) is 0 Å². The van der Waals surface area contributed by atoms with E-state index in [1.807, 2.05) is 6.92 Å². The van der Waals surface area contributed by atoms with Crippen molar-refractivity contribution in [3.8, 4) is 0 Å². The van der Waals surface area contributed by atoms with Gasteiger partial charge in [0.2, 0.25) is 0 Å². The van der Waals surface area contributed by atoms with Crippen LogP contribution in [-0.4, -0.2) is 26.9 Å². The summed E-state index contributed by atoms with van der Waals surface area (Å²) in [7, 11) is 0. The molecular formula is C6H8BrN3OS. The second kappa shape index (κ2) is 4.51. The van der Waals surface area contributed by atoms with Crippen LogP contribution in [-0.2, 0) is 0 Å². The van der Waals surface area contributed by atoms with Crippen LogP contribution >= 0.6 is 27.5 Å². The number of carbonyl (C=O) groups is 1. The molecule has 1 rings (SSSR count). The fourth-order valence-corrected chi connectivity index (χ4v) is 1.20. The standard InChI is InChI=1S/C6H8BrN3OS/c1-4(2-7)8-6(11)5-3-12-10-9-5/h3-4H,2H2,1H3,(H,8,11). The highest BCUT2D eigenvalue weighted by molar-refractivity contribution is 9.09. The van der Waals surface area contributed by atoms with E-state index in [9.17, 15) is 4.79 Å². The molecule has 1 atom stereocenters. The fraction of sp³-hybridized carbons (Fsp3) is 0.500. The minimum Gasteiger partial charge on any atom is -0.347 e. The van der Waals surface area contributed by atoms with Crippen molar-refractivity contribution in [3.05, 3.63) is 11.1 Å². The number of alkyl halides is 1. The Balaban J connectivity index is 2.50. The molecule has 0 aromatic carbocycles. The van der Waals surface area contributed by atoms with Gasteiger partial charge in [-0.15, -0.1) is 5.10 Å². The normalized spacial score (nSPS) is 12.5. The molecule has 1 amide bonds. The molecule has 0 bridgehead atoms. The topological polar surface area (TPSA) is 54.9 Å². The van der Waals surface area contributed by atoms with Crippen molar-refractivity contribution < 1.29 is 4.79 Å². The molecule has 0 aliphatic heterocycles. The smallest absolute Gasteiger partial charge is 0.272 e. The van der Waals surface area contributed by atoms with Crippen LogP contribution in [0.4, 0.5) is 0 Å². The molecule has 1 aromatic heterocycles. The average Bonchev–Trinajstić information content (AvgIpc) is 2.56. The van der Waals surface area contributed by atoms with E-state index in [2.05, 4.69) is 30.8 Å². The molecule has 0 saturated heterocycles. The molecule has 0 saturated carbocycles. The van der Waals surface area contributed by atoms with Crippen LogP contribution in [0.25, 0.3) is 0 Å². The van der Waals surface area contributed by atoms with Crippen LogP contribution in [0.5, 0.6) is 0 Å². The third-order valence-corrected chi connectivity index (χ3v) is 2.68. The monoisotopic (exact) mass is 249 g/mol. The zero-order chi connectivity index (χ0) is 8.97. The number of rotatable bonds is 3. The van der Waals surface area contributed by atoms with E-state index < -0.39 is 0 Å². The van der Waals surface area contributed by atoms with Gasteiger partial charge in [-0.3, -0.25) is 4.79 Å². The number of amides is 1. The van der Waals surface area contributed by atoms with E-state index >= 15 is 0 Å². The maximum atomic E-state index is 11.2. The Morgan fingerprint density at radius 3 is 3.17 bits per heavy atom. The van der Waals surface area contributed by atoms with Crippen molar-refractivity contribution in [2.75, 3.05) is 5.33 Å². The lowest BCUT2D eigenvalue weighted by molar-refractivity contribution is 0.0939. The Labute approximate surface area is 82.7 Å². The average molecular weight is 250 g/mol. The number of nitrogens with one attached hydrogen (secondary N) is 1. The summed E-state index contributed by atoms with van der Waals surface area (Å²) >= 11 is 4.43. The first kappa shape index (κ1) is 9.60. The van der Waals surface area contributed by atoms with E-state index in [0.29, 0.717) is 5.69 Å². The van der Waals surface area contributed by atoms with Crippen LogP contribution in [0.15, 0.2) is 5.38 Å². The molecule has 1 heterocycles. The van der Waals surface area contributed by atoms with Gasteiger partial charge in [0, 0.05) is 16.8 Å². The fourth-order valence-electron chi connectivity index (χ4n) is 0.600. The van der Waals surface area contributed by atoms with Gasteiger partial charge in [-0.1, -0.05) is 20.4 Å². The van der Waals surface area contributed by atoms with E-state index in [-0.39, 0.29) is 11.9 Å². The molecule has 0 aliphatic rings. The number of hydrogen-bond donors (Lipinski definition) is 1. The molecule has 6 heteroatoms. The van der Waals surface area contributed by atoms with Crippen molar-refractivity contribution in [3.63, 3.8) is 0 Å². The van der Waals surface area contributed by atoms with E-state index in [1.165, 1.54) is 11.5 Å². The maximum Gasteiger partial charge on any atom is 0.272 e. The van der Waals surface area contributed by atoms with Crippen molar-refractivity contribution in [2.45, 2.75) is 13.0 Å². The summed E-state index contributed by atoms with van der Waals surface area (Å²) in [6.07, 6.45) is 0. The molecule has 0 fully saturated rings. The van der Waals surface area contributed by atoms with Crippen LogP contribution in [0, 0.1) is 0 Å².